The van der Waals surface area contributed by atoms with E-state index in [1.54, 1.807) is 0 Å². The van der Waals surface area contributed by atoms with E-state index in [4.69, 9.17) is 22.2 Å². The fraction of sp³-hybridized carbons (Fsp3) is 0.0625. The fourth-order valence-corrected chi connectivity index (χ4v) is 2.56. The number of nitrogens with zero attached hydrogens (tertiary/aromatic N) is 3. The van der Waals surface area contributed by atoms with E-state index in [0.29, 0.717) is 12.1 Å². The van der Waals surface area contributed by atoms with Crippen molar-refractivity contribution in [2.24, 2.45) is 0 Å². The molecule has 1 aromatic carbocycles. The molecule has 0 amide bonds. The zero-order valence-corrected chi connectivity index (χ0v) is 15.2. The van der Waals surface area contributed by atoms with E-state index in [2.05, 4.69) is 4.98 Å². The molecule has 15 heteroatoms. The van der Waals surface area contributed by atoms with Gasteiger partial charge in [-0.15, -0.1) is 0 Å². The Morgan fingerprint density at radius 3 is 2.23 bits per heavy atom. The topological polar surface area (TPSA) is 92.1 Å². The second-order valence-electron chi connectivity index (χ2n) is 5.74. The van der Waals surface area contributed by atoms with Crippen molar-refractivity contribution in [1.29, 1.82) is 0 Å². The van der Waals surface area contributed by atoms with Crippen LogP contribution in [0.15, 0.2) is 33.9 Å². The maximum Gasteiger partial charge on any atom is 0.433 e. The van der Waals surface area contributed by atoms with Gasteiger partial charge < -0.3 is 10.6 Å². The molecule has 3 rings (SSSR count). The molecule has 0 bridgehead atoms. The first kappa shape index (κ1) is 22.1. The molecule has 0 fully saturated rings. The molecule has 31 heavy (non-hydrogen) atoms. The largest absolute Gasteiger partial charge is 0.435 e. The summed E-state index contributed by atoms with van der Waals surface area (Å²) in [6.07, 6.45) is -5.17. The van der Waals surface area contributed by atoms with Gasteiger partial charge in [-0.05, 0) is 6.07 Å². The highest BCUT2D eigenvalue weighted by molar-refractivity contribution is 6.32. The average molecular weight is 471 g/mol. The predicted molar refractivity (Wildman–Crippen MR) is 90.6 cm³/mol. The molecule has 164 valence electrons. The number of aromatic nitrogens is 3. The van der Waals surface area contributed by atoms with E-state index in [1.807, 2.05) is 0 Å². The third-order valence-corrected chi connectivity index (χ3v) is 4.03. The number of nitrogens with two attached hydrogens (primary N) is 1. The zero-order valence-electron chi connectivity index (χ0n) is 14.5. The van der Waals surface area contributed by atoms with Crippen LogP contribution in [0.25, 0.3) is 5.69 Å². The van der Waals surface area contributed by atoms with Crippen molar-refractivity contribution < 1.29 is 35.5 Å². The van der Waals surface area contributed by atoms with Gasteiger partial charge in [0.15, 0.2) is 23.1 Å². The average Bonchev–Trinajstić information content (AvgIpc) is 2.65. The molecule has 2 aromatic heterocycles. The summed E-state index contributed by atoms with van der Waals surface area (Å²) in [5.74, 6) is -3.03. The maximum atomic E-state index is 14.4. The molecule has 0 atom stereocenters. The van der Waals surface area contributed by atoms with Crippen molar-refractivity contribution in [2.75, 3.05) is 5.84 Å². The van der Waals surface area contributed by atoms with Crippen LogP contribution in [0.2, 0.25) is 5.02 Å². The smallest absolute Gasteiger partial charge is 0.433 e. The normalized spacial score (nSPS) is 11.6. The van der Waals surface area contributed by atoms with Gasteiger partial charge in [-0.25, -0.2) is 27.2 Å². The number of hydrogen-bond acceptors (Lipinski definition) is 5. The fourth-order valence-electron chi connectivity index (χ4n) is 2.37. The lowest BCUT2D eigenvalue weighted by atomic mass is 10.2. The first-order valence-electron chi connectivity index (χ1n) is 7.71. The molecule has 0 aliphatic heterocycles. The number of nitrogen functional groups attached to an aromatic ring is 1. The summed E-state index contributed by atoms with van der Waals surface area (Å²) in [6.45, 7) is 0. The van der Waals surface area contributed by atoms with Crippen molar-refractivity contribution >= 4 is 11.6 Å². The van der Waals surface area contributed by atoms with Gasteiger partial charge in [-0.2, -0.15) is 22.5 Å². The third-order valence-electron chi connectivity index (χ3n) is 3.73. The number of halogens is 8. The van der Waals surface area contributed by atoms with Crippen LogP contribution in [0, 0.1) is 23.4 Å². The summed E-state index contributed by atoms with van der Waals surface area (Å²) < 4.78 is 97.3. The van der Waals surface area contributed by atoms with E-state index >= 15 is 0 Å². The van der Waals surface area contributed by atoms with Gasteiger partial charge >= 0.3 is 11.9 Å². The summed E-state index contributed by atoms with van der Waals surface area (Å²) in [6, 6.07) is 1.01. The zero-order chi connectivity index (χ0) is 23.2. The Labute approximate surface area is 170 Å². The van der Waals surface area contributed by atoms with Crippen molar-refractivity contribution in [3.63, 3.8) is 0 Å². The molecule has 0 saturated carbocycles. The maximum absolute atomic E-state index is 14.4. The van der Waals surface area contributed by atoms with Crippen molar-refractivity contribution in [3.8, 4) is 17.3 Å². The first-order valence-corrected chi connectivity index (χ1v) is 8.09. The van der Waals surface area contributed by atoms with Crippen LogP contribution in [0.5, 0.6) is 11.6 Å². The minimum absolute atomic E-state index is 0.0629. The second-order valence-corrected chi connectivity index (χ2v) is 6.14. The van der Waals surface area contributed by atoms with Crippen LogP contribution < -0.4 is 21.8 Å². The Bertz CT molecular complexity index is 1320. The van der Waals surface area contributed by atoms with Crippen LogP contribution in [0.3, 0.4) is 0 Å². The lowest BCUT2D eigenvalue weighted by molar-refractivity contribution is -0.143. The molecular formula is C16H6ClF7N4O3. The molecule has 0 aliphatic rings. The van der Waals surface area contributed by atoms with E-state index in [9.17, 15) is 40.3 Å². The number of hydrogen-bond donors (Lipinski definition) is 1. The van der Waals surface area contributed by atoms with Gasteiger partial charge in [0.05, 0.1) is 10.7 Å². The highest BCUT2D eigenvalue weighted by Crippen LogP contribution is 2.33. The van der Waals surface area contributed by atoms with E-state index in [1.165, 1.54) is 0 Å². The molecule has 0 saturated heterocycles. The Kier molecular flexibility index (Phi) is 5.43. The van der Waals surface area contributed by atoms with E-state index < -0.39 is 73.5 Å². The number of alkyl halides is 3. The summed E-state index contributed by atoms with van der Waals surface area (Å²) >= 11 is 5.73. The summed E-state index contributed by atoms with van der Waals surface area (Å²) in [4.78, 5) is 27.1. The Morgan fingerprint density at radius 2 is 1.61 bits per heavy atom. The Balaban J connectivity index is 2.20. The van der Waals surface area contributed by atoms with Crippen molar-refractivity contribution in [2.45, 2.75) is 6.18 Å². The van der Waals surface area contributed by atoms with Crippen LogP contribution in [-0.4, -0.2) is 14.2 Å². The standard InChI is InChI=1S/C16H6ClF7N4O3/c17-5-1-6(18)9(3-10(5)31-14-8(20)2-7(19)13(21)26-14)27-12(29)4-11(16(22,23)24)28(25)15(27)30/h1-4H,25H2. The monoisotopic (exact) mass is 470 g/mol. The number of rotatable bonds is 3. The molecule has 0 spiro atoms. The lowest BCUT2D eigenvalue weighted by Gasteiger charge is -2.15. The molecule has 2 heterocycles. The van der Waals surface area contributed by atoms with Gasteiger partial charge in [-0.1, -0.05) is 11.6 Å². The molecule has 0 unspecified atom stereocenters. The summed E-state index contributed by atoms with van der Waals surface area (Å²) in [7, 11) is 0. The summed E-state index contributed by atoms with van der Waals surface area (Å²) in [5.41, 5.74) is -6.20. The highest BCUT2D eigenvalue weighted by atomic mass is 35.5. The second kappa shape index (κ2) is 7.61. The third kappa shape index (κ3) is 4.05. The minimum Gasteiger partial charge on any atom is -0.435 e. The SMILES string of the molecule is Nn1c(C(F)(F)F)cc(=O)n(-c2cc(Oc3nc(F)c(F)cc3F)c(Cl)cc2F)c1=O. The quantitative estimate of drug-likeness (QED) is 0.361. The van der Waals surface area contributed by atoms with E-state index in [0.717, 1.165) is 0 Å². The van der Waals surface area contributed by atoms with Gasteiger partial charge in [0, 0.05) is 18.2 Å². The lowest BCUT2D eigenvalue weighted by Crippen LogP contribution is -2.45. The number of ether oxygens (including phenoxy) is 1. The van der Waals surface area contributed by atoms with Gasteiger partial charge in [-0.3, -0.25) is 4.79 Å². The van der Waals surface area contributed by atoms with Crippen LogP contribution in [0.1, 0.15) is 5.69 Å². The van der Waals surface area contributed by atoms with E-state index in [-0.39, 0.29) is 16.7 Å². The first-order chi connectivity index (χ1) is 14.3. The molecule has 7 nitrogen and oxygen atoms in total. The van der Waals surface area contributed by atoms with Crippen molar-refractivity contribution in [1.82, 2.24) is 14.2 Å². The molecule has 2 N–H and O–H groups in total. The molecule has 3 aromatic rings. The van der Waals surface area contributed by atoms with Crippen LogP contribution >= 0.6 is 11.6 Å². The summed E-state index contributed by atoms with van der Waals surface area (Å²) in [5, 5.41) is -0.597. The highest BCUT2D eigenvalue weighted by Gasteiger charge is 2.36. The number of pyridine rings is 1. The number of benzene rings is 1. The molecule has 0 radical (unpaired) electrons. The predicted octanol–water partition coefficient (Wildman–Crippen LogP) is 3.13. The van der Waals surface area contributed by atoms with Crippen molar-refractivity contribution in [3.05, 3.63) is 79.2 Å². The Morgan fingerprint density at radius 1 is 0.968 bits per heavy atom. The molecular weight excluding hydrogens is 465 g/mol. The van der Waals surface area contributed by atoms with Gasteiger partial charge in [0.2, 0.25) is 0 Å². The van der Waals surface area contributed by atoms with Gasteiger partial charge in [0.25, 0.3) is 17.4 Å². The molecule has 0 aliphatic carbocycles. The van der Waals surface area contributed by atoms with Crippen LogP contribution in [-0.2, 0) is 6.18 Å². The Hall–Kier alpha value is -3.55. The van der Waals surface area contributed by atoms with Crippen LogP contribution in [0.4, 0.5) is 30.7 Å². The van der Waals surface area contributed by atoms with Gasteiger partial charge in [0.1, 0.15) is 5.82 Å². The minimum atomic E-state index is -5.17.